The van der Waals surface area contributed by atoms with Crippen LogP contribution in [0.5, 0.6) is 0 Å². The lowest BCUT2D eigenvalue weighted by atomic mass is 9.89. The lowest BCUT2D eigenvalue weighted by Crippen LogP contribution is -2.24. The highest BCUT2D eigenvalue weighted by molar-refractivity contribution is 5.86. The molecule has 0 aliphatic rings. The Hall–Kier alpha value is -6.58. The van der Waals surface area contributed by atoms with Gasteiger partial charge in [0.15, 0.2) is 98.9 Å². The zero-order chi connectivity index (χ0) is 42.1. The molecule has 0 atom stereocenters. The van der Waals surface area contributed by atoms with Gasteiger partial charge in [0.25, 0.3) is 0 Å². The molecule has 288 valence electrons. The fourth-order valence-electron chi connectivity index (χ4n) is 5.24. The van der Waals surface area contributed by atoms with Gasteiger partial charge in [-0.2, -0.15) is 5.26 Å². The molecule has 0 bridgehead atoms. The molecule has 0 aromatic heterocycles. The van der Waals surface area contributed by atoms with Gasteiger partial charge in [-0.3, -0.25) is 0 Å². The number of benzene rings is 5. The normalized spacial score (nSPS) is 12.5. The first-order valence-electron chi connectivity index (χ1n) is 13.9. The van der Waals surface area contributed by atoms with Crippen molar-refractivity contribution in [2.24, 2.45) is 0 Å². The summed E-state index contributed by atoms with van der Waals surface area (Å²) in [5.41, 5.74) is -18.5. The van der Waals surface area contributed by atoms with Gasteiger partial charge in [-0.1, -0.05) is 6.07 Å². The second kappa shape index (κ2) is 14.2. The van der Waals surface area contributed by atoms with Crippen LogP contribution >= 0.6 is 0 Å². The summed E-state index contributed by atoms with van der Waals surface area (Å²) in [5, 5.41) is 5.86. The van der Waals surface area contributed by atoms with Crippen molar-refractivity contribution in [1.82, 2.24) is 0 Å². The number of hydrogen-bond acceptors (Lipinski definition) is 1. The molecule has 5 aromatic carbocycles. The maximum atomic E-state index is 15.4. The molecule has 0 radical (unpaired) electrons. The van der Waals surface area contributed by atoms with Gasteiger partial charge in [0.2, 0.25) is 23.1 Å². The summed E-state index contributed by atoms with van der Waals surface area (Å²) >= 11 is 0. The minimum atomic E-state index is -3.03. The molecule has 0 N–H and O–H groups in total. The number of nitriles is 1. The molecule has 0 aliphatic carbocycles. The van der Waals surface area contributed by atoms with E-state index in [1.165, 1.54) is 0 Å². The average Bonchev–Trinajstić information content (AvgIpc) is 3.18. The highest BCUT2D eigenvalue weighted by Crippen LogP contribution is 2.36. The Kier molecular flexibility index (Phi) is 10.3. The first-order chi connectivity index (χ1) is 26.1. The van der Waals surface area contributed by atoms with Crippen LogP contribution in [0.3, 0.4) is 0 Å². The van der Waals surface area contributed by atoms with Crippen LogP contribution in [0.25, 0.3) is 38.4 Å². The summed E-state index contributed by atoms with van der Waals surface area (Å²) in [6.45, 7) is 7.42. The second-order valence-electron chi connectivity index (χ2n) is 10.7. The monoisotopic (exact) mass is 818 g/mol. The van der Waals surface area contributed by atoms with Gasteiger partial charge in [-0.25, -0.2) is 92.7 Å². The minimum absolute atomic E-state index is 0.490. The van der Waals surface area contributed by atoms with Crippen LogP contribution in [0.1, 0.15) is 11.1 Å². The Morgan fingerprint density at radius 1 is 0.375 bits per heavy atom. The number of halogens is 20. The van der Waals surface area contributed by atoms with E-state index in [4.69, 9.17) is 6.57 Å². The van der Waals surface area contributed by atoms with Crippen molar-refractivity contribution >= 4 is 11.3 Å². The van der Waals surface area contributed by atoms with Crippen molar-refractivity contribution in [3.63, 3.8) is 0 Å². The summed E-state index contributed by atoms with van der Waals surface area (Å²) in [5.74, 6) is -59.6. The van der Waals surface area contributed by atoms with Gasteiger partial charge in [-0.05, 0) is 22.4 Å². The quantitative estimate of drug-likeness (QED) is 0.0769. The molecule has 0 aliphatic heterocycles. The molecular formula is C34H2F20N2. The Morgan fingerprint density at radius 3 is 0.929 bits per heavy atom. The molecule has 0 fully saturated rings. The Labute approximate surface area is 294 Å². The fourth-order valence-corrected chi connectivity index (χ4v) is 5.24. The van der Waals surface area contributed by atoms with Crippen LogP contribution in [-0.4, -0.2) is 0 Å². The van der Waals surface area contributed by atoms with Gasteiger partial charge in [-0.15, -0.1) is 0 Å². The van der Waals surface area contributed by atoms with E-state index >= 15 is 35.1 Å². The molecule has 5 rings (SSSR count). The average molecular weight is 818 g/mol. The third-order valence-corrected chi connectivity index (χ3v) is 7.77. The first kappa shape index (κ1) is 40.6. The van der Waals surface area contributed by atoms with Crippen LogP contribution in [0, 0.1) is 134 Å². The topological polar surface area (TPSA) is 28.1 Å². The maximum absolute atomic E-state index is 15.4. The zero-order valence-electron chi connectivity index (χ0n) is 25.6. The molecule has 0 unspecified atom stereocenters. The Morgan fingerprint density at radius 2 is 0.625 bits per heavy atom. The zero-order valence-corrected chi connectivity index (χ0v) is 25.6. The van der Waals surface area contributed by atoms with Crippen molar-refractivity contribution in [2.45, 2.75) is 0 Å². The maximum Gasteiger partial charge on any atom is 0.208 e. The molecule has 56 heavy (non-hydrogen) atoms. The lowest BCUT2D eigenvalue weighted by Gasteiger charge is -2.17. The molecule has 0 saturated carbocycles. The highest BCUT2D eigenvalue weighted by Gasteiger charge is 2.35. The highest BCUT2D eigenvalue weighted by atomic mass is 19.2. The van der Waals surface area contributed by atoms with Crippen molar-refractivity contribution in [1.29, 1.82) is 5.26 Å². The van der Waals surface area contributed by atoms with Crippen LogP contribution in [0.15, 0.2) is 12.1 Å². The largest absolute Gasteiger partial charge is 0.237 e. The van der Waals surface area contributed by atoms with E-state index in [0.717, 1.165) is 0 Å². The number of rotatable bonds is 4. The first-order valence-corrected chi connectivity index (χ1v) is 13.9. The predicted octanol–water partition coefficient (Wildman–Crippen LogP) is 9.60. The standard InChI is InChI=1S/C34H2F20N2/c1-56-34(13-20(41)28(49)33(54)29(50)21(13)42)8-3-6(10-14(35)22(43)30(51)23(44)15(10)36)5(2-7(8)11-16(37)24(45)31(52)25(46)17(11)38)9(4-55)12-18(39)26(47)32(53)27(48)19(12)40/h2-3H/b9-5+,34-8-. The predicted molar refractivity (Wildman–Crippen MR) is 146 cm³/mol. The van der Waals surface area contributed by atoms with Crippen LogP contribution in [-0.2, 0) is 0 Å². The molecule has 0 saturated heterocycles. The molecule has 0 spiro atoms. The summed E-state index contributed by atoms with van der Waals surface area (Å²) in [6, 6.07) is -0.277. The van der Waals surface area contributed by atoms with Crippen LogP contribution < -0.4 is 10.4 Å². The minimum Gasteiger partial charge on any atom is -0.237 e. The van der Waals surface area contributed by atoms with E-state index in [2.05, 4.69) is 4.85 Å². The number of nitrogens with zero attached hydrogens (tertiary/aromatic N) is 2. The van der Waals surface area contributed by atoms with Gasteiger partial charge < -0.3 is 0 Å². The molecule has 0 amide bonds. The van der Waals surface area contributed by atoms with E-state index in [-0.39, 0.29) is 0 Å². The van der Waals surface area contributed by atoms with Gasteiger partial charge in [0, 0.05) is 5.22 Å². The third kappa shape index (κ3) is 5.74. The Balaban J connectivity index is 2.33. The van der Waals surface area contributed by atoms with Gasteiger partial charge >= 0.3 is 0 Å². The van der Waals surface area contributed by atoms with Crippen molar-refractivity contribution in [3.05, 3.63) is 161 Å². The second-order valence-corrected chi connectivity index (χ2v) is 10.7. The summed E-state index contributed by atoms with van der Waals surface area (Å²) in [4.78, 5) is 2.41. The lowest BCUT2D eigenvalue weighted by molar-refractivity contribution is 0.376. The molecule has 2 nitrogen and oxygen atoms in total. The van der Waals surface area contributed by atoms with E-state index in [9.17, 15) is 57.9 Å². The van der Waals surface area contributed by atoms with E-state index in [1.807, 2.05) is 0 Å². The fraction of sp³-hybridized carbons (Fsp3) is 0. The molecule has 5 aromatic rings. The smallest absolute Gasteiger partial charge is 0.208 e. The van der Waals surface area contributed by atoms with E-state index in [1.54, 1.807) is 0 Å². The van der Waals surface area contributed by atoms with Gasteiger partial charge in [0.05, 0.1) is 34.4 Å². The summed E-state index contributed by atoms with van der Waals surface area (Å²) in [6.07, 6.45) is 0. The van der Waals surface area contributed by atoms with Crippen molar-refractivity contribution < 1.29 is 87.8 Å². The molecular weight excluding hydrogens is 816 g/mol. The van der Waals surface area contributed by atoms with Crippen molar-refractivity contribution in [2.75, 3.05) is 0 Å². The van der Waals surface area contributed by atoms with E-state index in [0.29, 0.717) is 6.07 Å². The SMILES string of the molecule is [C-]#[N+]/C(c1c(F)c(F)c(F)c(F)c1F)=c1/cc(-c2c(F)c(F)c(F)c(F)c2F)/c(=C(\C#N)c2c(F)c(F)c(F)c(F)c2F)cc1-c1c(F)c(F)c(F)c(F)c1F. The Bertz CT molecular complexity index is 2530. The van der Waals surface area contributed by atoms with Gasteiger partial charge in [0.1, 0.15) is 6.07 Å². The summed E-state index contributed by atoms with van der Waals surface area (Å²) in [7, 11) is 0. The number of hydrogen-bond donors (Lipinski definition) is 0. The van der Waals surface area contributed by atoms with Crippen LogP contribution in [0.4, 0.5) is 87.8 Å². The van der Waals surface area contributed by atoms with Crippen molar-refractivity contribution in [3.8, 4) is 28.3 Å². The third-order valence-electron chi connectivity index (χ3n) is 7.77. The summed E-state index contributed by atoms with van der Waals surface area (Å²) < 4.78 is 293. The van der Waals surface area contributed by atoms with E-state index < -0.39 is 184 Å². The van der Waals surface area contributed by atoms with Crippen LogP contribution in [0.2, 0.25) is 0 Å². The molecule has 0 heterocycles. The molecule has 22 heteroatoms.